The van der Waals surface area contributed by atoms with Crippen molar-refractivity contribution in [2.45, 2.75) is 53.3 Å². The Hall–Kier alpha value is -2.75. The largest absolute Gasteiger partial charge is 0.538 e. The Morgan fingerprint density at radius 1 is 0.903 bits per heavy atom. The summed E-state index contributed by atoms with van der Waals surface area (Å²) < 4.78 is 26.9. The summed E-state index contributed by atoms with van der Waals surface area (Å²) in [6.07, 6.45) is 1.87. The molecule has 0 atom stereocenters. The third-order valence-corrected chi connectivity index (χ3v) is 6.51. The molecule has 3 nitrogen and oxygen atoms in total. The molecule has 0 saturated carbocycles. The number of hydrogen-bond donors (Lipinski definition) is 0. The maximum Gasteiger partial charge on any atom is 0.538 e. The summed E-state index contributed by atoms with van der Waals surface area (Å²) in [4.78, 5) is 4.52. The monoisotopic (exact) mass is 415 g/mol. The SMILES string of the molecule is [2H]C([2H])([2H])c1cc[n+](C)c2c1N(C)B(c1c(C(C)C)cccc1C(C)C)N2c1ccccc1C. The summed E-state index contributed by atoms with van der Waals surface area (Å²) in [7, 11) is 4.04. The number of para-hydroxylation sites is 1. The third kappa shape index (κ3) is 3.42. The zero-order valence-corrected chi connectivity index (χ0v) is 19.8. The van der Waals surface area contributed by atoms with E-state index >= 15 is 0 Å². The highest BCUT2D eigenvalue weighted by Gasteiger charge is 2.53. The lowest BCUT2D eigenvalue weighted by Crippen LogP contribution is -2.57. The van der Waals surface area contributed by atoms with E-state index in [9.17, 15) is 0 Å². The second kappa shape index (κ2) is 8.07. The molecule has 0 fully saturated rings. The van der Waals surface area contributed by atoms with Crippen molar-refractivity contribution < 1.29 is 8.68 Å². The van der Waals surface area contributed by atoms with Gasteiger partial charge in [0.25, 0.3) is 5.82 Å². The van der Waals surface area contributed by atoms with Crippen LogP contribution in [0.2, 0.25) is 0 Å². The molecule has 2 heterocycles. The Morgan fingerprint density at radius 3 is 2.13 bits per heavy atom. The van der Waals surface area contributed by atoms with Gasteiger partial charge in [0.1, 0.15) is 11.4 Å². The number of fused-ring (bicyclic) bond motifs is 1. The predicted molar refractivity (Wildman–Crippen MR) is 134 cm³/mol. The molecule has 3 aromatic rings. The molecular weight excluding hydrogens is 377 g/mol. The van der Waals surface area contributed by atoms with Crippen LogP contribution < -0.4 is 19.7 Å². The minimum atomic E-state index is -2.21. The molecule has 4 heteroatoms. The molecule has 0 bridgehead atoms. The number of rotatable bonds is 4. The van der Waals surface area contributed by atoms with Gasteiger partial charge in [-0.2, -0.15) is 0 Å². The van der Waals surface area contributed by atoms with Crippen molar-refractivity contribution in [3.63, 3.8) is 0 Å². The van der Waals surface area contributed by atoms with Crippen LogP contribution in [0.25, 0.3) is 0 Å². The van der Waals surface area contributed by atoms with E-state index in [0.29, 0.717) is 17.4 Å². The van der Waals surface area contributed by atoms with Gasteiger partial charge in [0.05, 0.1) is 13.2 Å². The fourth-order valence-corrected chi connectivity index (χ4v) is 4.98. The number of anilines is 3. The van der Waals surface area contributed by atoms with Crippen molar-refractivity contribution in [2.75, 3.05) is 16.7 Å². The van der Waals surface area contributed by atoms with Crippen LogP contribution in [-0.2, 0) is 7.05 Å². The Balaban J connectivity index is 2.12. The number of hydrogen-bond acceptors (Lipinski definition) is 2. The first-order chi connectivity index (χ1) is 15.9. The van der Waals surface area contributed by atoms with E-state index in [1.165, 1.54) is 16.6 Å². The van der Waals surface area contributed by atoms with E-state index in [-0.39, 0.29) is 6.98 Å². The number of aryl methyl sites for hydroxylation is 3. The van der Waals surface area contributed by atoms with Crippen LogP contribution in [0.15, 0.2) is 54.7 Å². The van der Waals surface area contributed by atoms with Crippen molar-refractivity contribution in [3.8, 4) is 0 Å². The van der Waals surface area contributed by atoms with Crippen molar-refractivity contribution in [3.05, 3.63) is 77.0 Å². The van der Waals surface area contributed by atoms with Crippen LogP contribution in [0, 0.1) is 13.8 Å². The molecular formula is C27H35BN3+. The Kier molecular flexibility index (Phi) is 4.66. The van der Waals surface area contributed by atoms with Gasteiger partial charge in [-0.25, -0.2) is 4.57 Å². The van der Waals surface area contributed by atoms with Crippen molar-refractivity contribution in [2.24, 2.45) is 7.05 Å². The van der Waals surface area contributed by atoms with Gasteiger partial charge < -0.3 is 4.81 Å². The number of pyridine rings is 1. The fraction of sp³-hybridized carbons (Fsp3) is 0.370. The van der Waals surface area contributed by atoms with Gasteiger partial charge >= 0.3 is 6.98 Å². The van der Waals surface area contributed by atoms with Crippen LogP contribution in [0.3, 0.4) is 0 Å². The second-order valence-corrected chi connectivity index (χ2v) is 9.31. The topological polar surface area (TPSA) is 10.4 Å². The van der Waals surface area contributed by atoms with Crippen LogP contribution in [-0.4, -0.2) is 14.0 Å². The van der Waals surface area contributed by atoms with E-state index in [1.807, 2.05) is 20.3 Å². The lowest BCUT2D eigenvalue weighted by atomic mass is 9.59. The lowest BCUT2D eigenvalue weighted by molar-refractivity contribution is -0.657. The predicted octanol–water partition coefficient (Wildman–Crippen LogP) is 5.36. The molecule has 0 radical (unpaired) electrons. The quantitative estimate of drug-likeness (QED) is 0.420. The van der Waals surface area contributed by atoms with Gasteiger partial charge in [-0.3, -0.25) is 4.81 Å². The fourth-order valence-electron chi connectivity index (χ4n) is 4.98. The molecule has 0 aliphatic carbocycles. The standard InChI is InChI=1S/C27H35BN3/c1-18(2)22-13-11-14-23(19(3)4)25(22)28-30(8)26-21(6)16-17-29(7)27(26)31(28)24-15-10-9-12-20(24)5/h9-19H,1-8H3/q+1/i6D3. The molecule has 160 valence electrons. The van der Waals surface area contributed by atoms with Gasteiger partial charge in [-0.05, 0) is 67.0 Å². The second-order valence-electron chi connectivity index (χ2n) is 9.31. The maximum atomic E-state index is 8.29. The first-order valence-electron chi connectivity index (χ1n) is 12.7. The molecule has 2 aromatic carbocycles. The molecule has 31 heavy (non-hydrogen) atoms. The first kappa shape index (κ1) is 17.9. The normalized spacial score (nSPS) is 15.4. The number of aromatic nitrogens is 1. The lowest BCUT2D eigenvalue weighted by Gasteiger charge is -2.28. The Morgan fingerprint density at radius 2 is 1.55 bits per heavy atom. The molecule has 0 amide bonds. The molecule has 0 saturated heterocycles. The van der Waals surface area contributed by atoms with Crippen LogP contribution in [0.1, 0.15) is 65.9 Å². The smallest absolute Gasteiger partial charge is 0.366 e. The minimum absolute atomic E-state index is 0.165. The van der Waals surface area contributed by atoms with Gasteiger partial charge in [-0.1, -0.05) is 64.1 Å². The molecule has 1 aromatic heterocycles. The Labute approximate surface area is 192 Å². The molecule has 0 unspecified atom stereocenters. The molecule has 0 spiro atoms. The van der Waals surface area contributed by atoms with Crippen molar-refractivity contribution in [1.82, 2.24) is 0 Å². The highest BCUT2D eigenvalue weighted by molar-refractivity contribution is 6.83. The molecule has 4 rings (SSSR count). The summed E-state index contributed by atoms with van der Waals surface area (Å²) in [6, 6.07) is 16.7. The number of nitrogens with zero attached hydrogens (tertiary/aromatic N) is 3. The zero-order chi connectivity index (χ0) is 24.9. The molecule has 1 aliphatic rings. The van der Waals surface area contributed by atoms with Gasteiger partial charge in [0.2, 0.25) is 0 Å². The summed E-state index contributed by atoms with van der Waals surface area (Å²) in [5.41, 5.74) is 7.26. The summed E-state index contributed by atoms with van der Waals surface area (Å²) in [5, 5.41) is 0. The summed E-state index contributed by atoms with van der Waals surface area (Å²) in [5.74, 6) is 1.57. The van der Waals surface area contributed by atoms with Gasteiger partial charge in [0.15, 0.2) is 0 Å². The summed E-state index contributed by atoms with van der Waals surface area (Å²) >= 11 is 0. The highest BCUT2D eigenvalue weighted by atomic mass is 15.3. The third-order valence-electron chi connectivity index (χ3n) is 6.51. The van der Waals surface area contributed by atoms with Crippen LogP contribution in [0.5, 0.6) is 0 Å². The molecule has 1 aliphatic heterocycles. The van der Waals surface area contributed by atoms with E-state index in [0.717, 1.165) is 22.8 Å². The average Bonchev–Trinajstić information content (AvgIpc) is 3.06. The Bertz CT molecular complexity index is 1190. The van der Waals surface area contributed by atoms with Crippen LogP contribution in [0.4, 0.5) is 17.2 Å². The first-order valence-corrected chi connectivity index (χ1v) is 11.2. The molecule has 0 N–H and O–H groups in total. The van der Waals surface area contributed by atoms with E-state index in [2.05, 4.69) is 91.3 Å². The number of benzene rings is 2. The van der Waals surface area contributed by atoms with Crippen LogP contribution >= 0.6 is 0 Å². The highest BCUT2D eigenvalue weighted by Crippen LogP contribution is 2.43. The van der Waals surface area contributed by atoms with Gasteiger partial charge in [0, 0.05) is 9.58 Å². The zero-order valence-electron chi connectivity index (χ0n) is 22.8. The van der Waals surface area contributed by atoms with Gasteiger partial charge in [-0.15, -0.1) is 0 Å². The average molecular weight is 415 g/mol. The van der Waals surface area contributed by atoms with E-state index in [1.54, 1.807) is 6.07 Å². The maximum absolute atomic E-state index is 8.29. The minimum Gasteiger partial charge on any atom is -0.366 e. The van der Waals surface area contributed by atoms with Crippen molar-refractivity contribution in [1.29, 1.82) is 0 Å². The summed E-state index contributed by atoms with van der Waals surface area (Å²) in [6.45, 7) is 8.68. The van der Waals surface area contributed by atoms with E-state index in [4.69, 9.17) is 4.11 Å². The van der Waals surface area contributed by atoms with Crippen molar-refractivity contribution >= 4 is 29.6 Å². The van der Waals surface area contributed by atoms with E-state index < -0.39 is 6.85 Å².